The van der Waals surface area contributed by atoms with Gasteiger partial charge in [0.15, 0.2) is 11.6 Å². The first-order valence-corrected chi connectivity index (χ1v) is 7.46. The van der Waals surface area contributed by atoms with Gasteiger partial charge in [0.2, 0.25) is 0 Å². The standard InChI is InChI=1S/C18H15FN4O/c1-22-11-21-14-7-6-12(10-15(14)22)23-9-8-20-18(23)13-4-3-5-16(24-2)17(13)19/h3-11H,1-2H3. The van der Waals surface area contributed by atoms with Crippen LogP contribution in [0.1, 0.15) is 0 Å². The van der Waals surface area contributed by atoms with Gasteiger partial charge in [-0.3, -0.25) is 4.57 Å². The second kappa shape index (κ2) is 5.49. The third kappa shape index (κ3) is 2.15. The topological polar surface area (TPSA) is 44.9 Å². The highest BCUT2D eigenvalue weighted by atomic mass is 19.1. The molecular formula is C18H15FN4O. The van der Waals surface area contributed by atoms with Gasteiger partial charge in [-0.05, 0) is 30.3 Å². The number of benzene rings is 2. The molecule has 0 bridgehead atoms. The fraction of sp³-hybridized carbons (Fsp3) is 0.111. The normalized spacial score (nSPS) is 11.1. The van der Waals surface area contributed by atoms with Crippen LogP contribution >= 0.6 is 0 Å². The number of halogens is 1. The lowest BCUT2D eigenvalue weighted by molar-refractivity contribution is 0.387. The molecule has 0 aliphatic carbocycles. The van der Waals surface area contributed by atoms with Gasteiger partial charge in [-0.15, -0.1) is 0 Å². The van der Waals surface area contributed by atoms with Gasteiger partial charge in [0.1, 0.15) is 5.82 Å². The molecule has 0 spiro atoms. The number of hydrogen-bond donors (Lipinski definition) is 0. The molecule has 5 nitrogen and oxygen atoms in total. The lowest BCUT2D eigenvalue weighted by atomic mass is 10.1. The highest BCUT2D eigenvalue weighted by molar-refractivity contribution is 5.78. The minimum absolute atomic E-state index is 0.198. The van der Waals surface area contributed by atoms with Crippen LogP contribution in [0.25, 0.3) is 28.1 Å². The zero-order chi connectivity index (χ0) is 16.7. The van der Waals surface area contributed by atoms with Crippen molar-refractivity contribution in [3.8, 4) is 22.8 Å². The average molecular weight is 322 g/mol. The maximum atomic E-state index is 14.6. The summed E-state index contributed by atoms with van der Waals surface area (Å²) in [6.45, 7) is 0. The highest BCUT2D eigenvalue weighted by Crippen LogP contribution is 2.30. The van der Waals surface area contributed by atoms with E-state index in [1.807, 2.05) is 40.6 Å². The maximum absolute atomic E-state index is 14.6. The Kier molecular flexibility index (Phi) is 3.30. The molecule has 24 heavy (non-hydrogen) atoms. The van der Waals surface area contributed by atoms with Crippen molar-refractivity contribution >= 4 is 11.0 Å². The van der Waals surface area contributed by atoms with Crippen molar-refractivity contribution in [2.75, 3.05) is 7.11 Å². The second-order valence-electron chi connectivity index (χ2n) is 5.47. The van der Waals surface area contributed by atoms with Crippen molar-refractivity contribution in [3.05, 3.63) is 60.9 Å². The summed E-state index contributed by atoms with van der Waals surface area (Å²) in [6, 6.07) is 10.9. The first-order valence-electron chi connectivity index (χ1n) is 7.46. The first-order chi connectivity index (χ1) is 11.7. The number of imidazole rings is 2. The number of methoxy groups -OCH3 is 1. The molecule has 4 aromatic rings. The van der Waals surface area contributed by atoms with E-state index < -0.39 is 5.82 Å². The van der Waals surface area contributed by atoms with Crippen molar-refractivity contribution < 1.29 is 9.13 Å². The SMILES string of the molecule is COc1cccc(-c2nccn2-c2ccc3ncn(C)c3c2)c1F. The molecule has 4 rings (SSSR count). The molecule has 0 unspecified atom stereocenters. The fourth-order valence-corrected chi connectivity index (χ4v) is 2.82. The van der Waals surface area contributed by atoms with E-state index in [1.54, 1.807) is 30.7 Å². The van der Waals surface area contributed by atoms with Crippen molar-refractivity contribution in [1.82, 2.24) is 19.1 Å². The van der Waals surface area contributed by atoms with E-state index >= 15 is 0 Å². The van der Waals surface area contributed by atoms with Crippen molar-refractivity contribution in [2.24, 2.45) is 7.05 Å². The molecule has 6 heteroatoms. The number of aromatic nitrogens is 4. The minimum atomic E-state index is -0.422. The van der Waals surface area contributed by atoms with Gasteiger partial charge >= 0.3 is 0 Å². The Balaban J connectivity index is 1.89. The largest absolute Gasteiger partial charge is 0.494 e. The number of hydrogen-bond acceptors (Lipinski definition) is 3. The molecule has 0 aliphatic heterocycles. The molecule has 120 valence electrons. The van der Waals surface area contributed by atoms with Gasteiger partial charge in [-0.2, -0.15) is 0 Å². The number of fused-ring (bicyclic) bond motifs is 1. The Morgan fingerprint density at radius 3 is 2.83 bits per heavy atom. The van der Waals surface area contributed by atoms with E-state index in [1.165, 1.54) is 7.11 Å². The lowest BCUT2D eigenvalue weighted by Crippen LogP contribution is -2.00. The smallest absolute Gasteiger partial charge is 0.175 e. The van der Waals surface area contributed by atoms with Crippen molar-refractivity contribution in [1.29, 1.82) is 0 Å². The Labute approximate surface area is 138 Å². The van der Waals surface area contributed by atoms with Crippen molar-refractivity contribution in [2.45, 2.75) is 0 Å². The van der Waals surface area contributed by atoms with Crippen LogP contribution in [-0.4, -0.2) is 26.2 Å². The monoisotopic (exact) mass is 322 g/mol. The predicted octanol–water partition coefficient (Wildman–Crippen LogP) is 3.57. The summed E-state index contributed by atoms with van der Waals surface area (Å²) < 4.78 is 23.5. The number of ether oxygens (including phenoxy) is 1. The number of rotatable bonds is 3. The second-order valence-corrected chi connectivity index (χ2v) is 5.47. The molecule has 2 aromatic carbocycles. The molecule has 0 saturated carbocycles. The van der Waals surface area contributed by atoms with Gasteiger partial charge in [0.05, 0.1) is 30.0 Å². The van der Waals surface area contributed by atoms with Crippen LogP contribution in [0.4, 0.5) is 4.39 Å². The summed E-state index contributed by atoms with van der Waals surface area (Å²) in [5, 5.41) is 0. The van der Waals surface area contributed by atoms with E-state index in [0.29, 0.717) is 11.4 Å². The lowest BCUT2D eigenvalue weighted by Gasteiger charge is -2.11. The van der Waals surface area contributed by atoms with E-state index in [-0.39, 0.29) is 5.75 Å². The number of nitrogens with zero attached hydrogens (tertiary/aromatic N) is 4. The summed E-state index contributed by atoms with van der Waals surface area (Å²) in [7, 11) is 3.39. The summed E-state index contributed by atoms with van der Waals surface area (Å²) in [5.74, 6) is 0.297. The van der Waals surface area contributed by atoms with Crippen LogP contribution in [0.2, 0.25) is 0 Å². The summed E-state index contributed by atoms with van der Waals surface area (Å²) in [4.78, 5) is 8.65. The summed E-state index contributed by atoms with van der Waals surface area (Å²) >= 11 is 0. The van der Waals surface area contributed by atoms with Crippen LogP contribution < -0.4 is 4.74 Å². The van der Waals surface area contributed by atoms with Crippen molar-refractivity contribution in [3.63, 3.8) is 0 Å². The van der Waals surface area contributed by atoms with Gasteiger partial charge < -0.3 is 9.30 Å². The molecular weight excluding hydrogens is 307 g/mol. The molecule has 0 atom stereocenters. The summed E-state index contributed by atoms with van der Waals surface area (Å²) in [5.41, 5.74) is 3.19. The first kappa shape index (κ1) is 14.4. The Hall–Kier alpha value is -3.15. The molecule has 0 aliphatic rings. The maximum Gasteiger partial charge on any atom is 0.175 e. The predicted molar refractivity (Wildman–Crippen MR) is 89.8 cm³/mol. The van der Waals surface area contributed by atoms with E-state index in [9.17, 15) is 4.39 Å². The molecule has 0 amide bonds. The Morgan fingerprint density at radius 2 is 2.00 bits per heavy atom. The Morgan fingerprint density at radius 1 is 1.12 bits per heavy atom. The Bertz CT molecular complexity index is 1030. The molecule has 0 radical (unpaired) electrons. The molecule has 0 N–H and O–H groups in total. The quantitative estimate of drug-likeness (QED) is 0.579. The zero-order valence-corrected chi connectivity index (χ0v) is 13.3. The molecule has 0 fully saturated rings. The van der Waals surface area contributed by atoms with Gasteiger partial charge in [-0.1, -0.05) is 6.07 Å². The minimum Gasteiger partial charge on any atom is -0.494 e. The average Bonchev–Trinajstić information content (AvgIpc) is 3.22. The third-order valence-electron chi connectivity index (χ3n) is 4.05. The molecule has 2 heterocycles. The van der Waals surface area contributed by atoms with Gasteiger partial charge in [0.25, 0.3) is 0 Å². The van der Waals surface area contributed by atoms with Crippen LogP contribution in [0, 0.1) is 5.82 Å². The zero-order valence-electron chi connectivity index (χ0n) is 13.3. The van der Waals surface area contributed by atoms with Crippen LogP contribution in [0.3, 0.4) is 0 Å². The highest BCUT2D eigenvalue weighted by Gasteiger charge is 2.16. The van der Waals surface area contributed by atoms with E-state index in [2.05, 4.69) is 9.97 Å². The van der Waals surface area contributed by atoms with Crippen LogP contribution in [0.5, 0.6) is 5.75 Å². The molecule has 2 aromatic heterocycles. The van der Waals surface area contributed by atoms with Crippen LogP contribution in [0.15, 0.2) is 55.1 Å². The van der Waals surface area contributed by atoms with E-state index in [4.69, 9.17) is 4.74 Å². The van der Waals surface area contributed by atoms with Crippen LogP contribution in [-0.2, 0) is 7.05 Å². The third-order valence-corrected chi connectivity index (χ3v) is 4.05. The molecule has 0 saturated heterocycles. The fourth-order valence-electron chi connectivity index (χ4n) is 2.82. The van der Waals surface area contributed by atoms with E-state index in [0.717, 1.165) is 16.7 Å². The summed E-state index contributed by atoms with van der Waals surface area (Å²) in [6.07, 6.45) is 5.23. The number of aryl methyl sites for hydroxylation is 1. The van der Waals surface area contributed by atoms with Gasteiger partial charge in [-0.25, -0.2) is 14.4 Å². The van der Waals surface area contributed by atoms with Gasteiger partial charge in [0, 0.05) is 25.1 Å².